The van der Waals surface area contributed by atoms with Gasteiger partial charge in [0.2, 0.25) is 0 Å². The number of fused-ring (bicyclic) bond motifs is 1. The van der Waals surface area contributed by atoms with Crippen molar-refractivity contribution in [2.24, 2.45) is 4.99 Å². The van der Waals surface area contributed by atoms with Crippen LogP contribution in [0.3, 0.4) is 0 Å². The minimum Gasteiger partial charge on any atom is -0.493 e. The minimum atomic E-state index is -0.917. The van der Waals surface area contributed by atoms with E-state index in [0.29, 0.717) is 48.8 Å². The fraction of sp³-hybridized carbons (Fsp3) is 0.135. The van der Waals surface area contributed by atoms with Gasteiger partial charge in [-0.3, -0.25) is 9.36 Å². The van der Waals surface area contributed by atoms with Crippen molar-refractivity contribution in [1.29, 1.82) is 5.26 Å². The molecule has 240 valence electrons. The lowest BCUT2D eigenvalue weighted by molar-refractivity contribution is -0.138. The lowest BCUT2D eigenvalue weighted by Gasteiger charge is -2.25. The van der Waals surface area contributed by atoms with Crippen LogP contribution in [0.1, 0.15) is 40.8 Å². The Bertz CT molecular complexity index is 2280. The molecular weight excluding hydrogens is 744 g/mol. The van der Waals surface area contributed by atoms with Crippen LogP contribution < -0.4 is 24.4 Å². The molecule has 11 heteroatoms. The van der Waals surface area contributed by atoms with E-state index in [1.54, 1.807) is 43.3 Å². The first-order chi connectivity index (χ1) is 23.3. The molecule has 2 heterocycles. The number of methoxy groups -OCH3 is 1. The third kappa shape index (κ3) is 6.54. The van der Waals surface area contributed by atoms with Crippen LogP contribution in [0.2, 0.25) is 0 Å². The van der Waals surface area contributed by atoms with Gasteiger partial charge in [-0.15, -0.1) is 0 Å². The van der Waals surface area contributed by atoms with E-state index < -0.39 is 17.8 Å². The van der Waals surface area contributed by atoms with Crippen molar-refractivity contribution in [3.8, 4) is 17.6 Å². The van der Waals surface area contributed by atoms with E-state index in [1.165, 1.54) is 35.1 Å². The van der Waals surface area contributed by atoms with Crippen molar-refractivity contribution in [3.05, 3.63) is 153 Å². The normalized spacial score (nSPS) is 14.1. The molecule has 0 saturated carbocycles. The van der Waals surface area contributed by atoms with Crippen LogP contribution in [0.15, 0.2) is 106 Å². The van der Waals surface area contributed by atoms with Gasteiger partial charge in [0.1, 0.15) is 12.4 Å². The van der Waals surface area contributed by atoms with Crippen LogP contribution in [0.25, 0.3) is 11.8 Å². The number of rotatable bonds is 9. The number of nitrogens with zero attached hydrogens (tertiary/aromatic N) is 3. The van der Waals surface area contributed by atoms with Gasteiger partial charge in [0.25, 0.3) is 5.56 Å². The first kappa shape index (κ1) is 32.9. The van der Waals surface area contributed by atoms with Gasteiger partial charge < -0.3 is 14.2 Å². The van der Waals surface area contributed by atoms with Gasteiger partial charge in [-0.1, -0.05) is 72.0 Å². The standard InChI is InChI=1S/C37H27FIN3O5S/c1-3-46-36(44)31-32(23-9-5-4-6-10-23)41-37-42(33(31)24-13-15-27(38)16-14-24)35(43)30(48-37)19-22-17-28(39)34(29(18-22)45-2)47-21-26-12-8-7-11-25(26)20-40/h4-19,33H,3,21H2,1-2H3/b30-19-/t33-/m0/s1. The summed E-state index contributed by atoms with van der Waals surface area (Å²) < 4.78 is 33.9. The number of esters is 1. The van der Waals surface area contributed by atoms with Crippen molar-refractivity contribution >= 4 is 51.7 Å². The predicted octanol–water partition coefficient (Wildman–Crippen LogP) is 6.14. The van der Waals surface area contributed by atoms with Crippen LogP contribution in [-0.2, 0) is 16.1 Å². The lowest BCUT2D eigenvalue weighted by atomic mass is 9.93. The molecule has 1 atom stereocenters. The Kier molecular flexibility index (Phi) is 9.84. The molecule has 1 aromatic heterocycles. The fourth-order valence-electron chi connectivity index (χ4n) is 5.42. The van der Waals surface area contributed by atoms with Crippen LogP contribution in [-0.4, -0.2) is 24.3 Å². The maximum absolute atomic E-state index is 14.2. The van der Waals surface area contributed by atoms with Gasteiger partial charge in [-0.25, -0.2) is 14.2 Å². The highest BCUT2D eigenvalue weighted by atomic mass is 127. The highest BCUT2D eigenvalue weighted by molar-refractivity contribution is 14.1. The fourth-order valence-corrected chi connectivity index (χ4v) is 7.20. The zero-order valence-electron chi connectivity index (χ0n) is 25.8. The SMILES string of the molecule is CCOC(=O)C1=C(c2ccccc2)N=c2s/c(=C\c3cc(I)c(OCc4ccccc4C#N)c(OC)c3)c(=O)n2[C@H]1c1ccc(F)cc1. The number of thiazole rings is 1. The molecule has 48 heavy (non-hydrogen) atoms. The average Bonchev–Trinajstić information content (AvgIpc) is 3.41. The van der Waals surface area contributed by atoms with Gasteiger partial charge in [0.05, 0.1) is 50.8 Å². The number of ether oxygens (including phenoxy) is 3. The second kappa shape index (κ2) is 14.4. The van der Waals surface area contributed by atoms with E-state index in [9.17, 15) is 19.2 Å². The van der Waals surface area contributed by atoms with E-state index in [0.717, 1.165) is 9.13 Å². The molecule has 8 nitrogen and oxygen atoms in total. The van der Waals surface area contributed by atoms with Crippen LogP contribution in [0.4, 0.5) is 4.39 Å². The van der Waals surface area contributed by atoms with Crippen molar-refractivity contribution < 1.29 is 23.4 Å². The smallest absolute Gasteiger partial charge is 0.338 e. The molecular formula is C37H27FIN3O5S. The summed E-state index contributed by atoms with van der Waals surface area (Å²) in [5.41, 5.74) is 3.36. The molecule has 0 amide bonds. The molecule has 5 aromatic rings. The highest BCUT2D eigenvalue weighted by Crippen LogP contribution is 2.36. The summed E-state index contributed by atoms with van der Waals surface area (Å²) in [7, 11) is 1.53. The number of benzene rings is 4. The number of aromatic nitrogens is 1. The molecule has 0 saturated heterocycles. The van der Waals surface area contributed by atoms with Gasteiger partial charge in [0.15, 0.2) is 16.3 Å². The first-order valence-electron chi connectivity index (χ1n) is 14.8. The topological polar surface area (TPSA) is 103 Å². The van der Waals surface area contributed by atoms with Crippen molar-refractivity contribution in [1.82, 2.24) is 4.57 Å². The molecule has 0 aliphatic carbocycles. The number of nitriles is 1. The molecule has 0 spiro atoms. The van der Waals surface area contributed by atoms with Gasteiger partial charge in [0, 0.05) is 11.1 Å². The summed E-state index contributed by atoms with van der Waals surface area (Å²) in [4.78, 5) is 33.0. The molecule has 0 fully saturated rings. The Balaban J connectivity index is 1.49. The lowest BCUT2D eigenvalue weighted by Crippen LogP contribution is -2.40. The number of hydrogen-bond donors (Lipinski definition) is 0. The minimum absolute atomic E-state index is 0.121. The molecule has 0 radical (unpaired) electrons. The maximum Gasteiger partial charge on any atom is 0.338 e. The summed E-state index contributed by atoms with van der Waals surface area (Å²) in [6.07, 6.45) is 1.74. The van der Waals surface area contributed by atoms with Gasteiger partial charge in [-0.05, 0) is 77.0 Å². The van der Waals surface area contributed by atoms with Crippen LogP contribution >= 0.6 is 33.9 Å². The monoisotopic (exact) mass is 771 g/mol. The molecule has 0 unspecified atom stereocenters. The van der Waals surface area contributed by atoms with Crippen molar-refractivity contribution in [2.75, 3.05) is 13.7 Å². The number of halogens is 2. The van der Waals surface area contributed by atoms with Crippen LogP contribution in [0.5, 0.6) is 11.5 Å². The summed E-state index contributed by atoms with van der Waals surface area (Å²) in [6, 6.07) is 27.0. The molecule has 1 aliphatic rings. The van der Waals surface area contributed by atoms with E-state index in [1.807, 2.05) is 48.5 Å². The Morgan fingerprint density at radius 1 is 1.08 bits per heavy atom. The third-order valence-corrected chi connectivity index (χ3v) is 9.40. The quantitative estimate of drug-likeness (QED) is 0.132. The van der Waals surface area contributed by atoms with E-state index in [4.69, 9.17) is 19.2 Å². The second-order valence-electron chi connectivity index (χ2n) is 10.6. The Morgan fingerprint density at radius 3 is 2.52 bits per heavy atom. The summed E-state index contributed by atoms with van der Waals surface area (Å²) in [5, 5.41) is 9.45. The molecule has 1 aliphatic heterocycles. The van der Waals surface area contributed by atoms with E-state index >= 15 is 0 Å². The van der Waals surface area contributed by atoms with Gasteiger partial charge >= 0.3 is 5.97 Å². The number of carbonyl (C=O) groups excluding carboxylic acids is 1. The predicted molar refractivity (Wildman–Crippen MR) is 189 cm³/mol. The third-order valence-electron chi connectivity index (χ3n) is 7.62. The van der Waals surface area contributed by atoms with E-state index in [-0.39, 0.29) is 24.3 Å². The Labute approximate surface area is 292 Å². The Hall–Kier alpha value is -5.06. The number of carbonyl (C=O) groups is 1. The second-order valence-corrected chi connectivity index (χ2v) is 12.7. The number of hydrogen-bond acceptors (Lipinski definition) is 8. The molecule has 0 N–H and O–H groups in total. The van der Waals surface area contributed by atoms with E-state index in [2.05, 4.69) is 28.7 Å². The largest absolute Gasteiger partial charge is 0.493 e. The summed E-state index contributed by atoms with van der Waals surface area (Å²) in [6.45, 7) is 2.00. The van der Waals surface area contributed by atoms with Gasteiger partial charge in [-0.2, -0.15) is 5.26 Å². The zero-order valence-corrected chi connectivity index (χ0v) is 28.8. The molecule has 4 aromatic carbocycles. The molecule has 0 bridgehead atoms. The van der Waals surface area contributed by atoms with Crippen molar-refractivity contribution in [3.63, 3.8) is 0 Å². The maximum atomic E-state index is 14.2. The first-order valence-corrected chi connectivity index (χ1v) is 16.7. The van der Waals surface area contributed by atoms with Crippen molar-refractivity contribution in [2.45, 2.75) is 19.6 Å². The Morgan fingerprint density at radius 2 is 1.81 bits per heavy atom. The zero-order chi connectivity index (χ0) is 33.8. The van der Waals surface area contributed by atoms with Crippen LogP contribution in [0, 0.1) is 20.7 Å². The summed E-state index contributed by atoms with van der Waals surface area (Å²) in [5.74, 6) is -0.0970. The highest BCUT2D eigenvalue weighted by Gasteiger charge is 2.35. The molecule has 6 rings (SSSR count). The average molecular weight is 772 g/mol. The summed E-state index contributed by atoms with van der Waals surface area (Å²) >= 11 is 3.33.